The number of nitrogen functional groups attached to an aromatic ring is 1. The molecule has 0 amide bonds. The minimum atomic E-state index is 0.336. The van der Waals surface area contributed by atoms with E-state index in [0.29, 0.717) is 23.9 Å². The molecular weight excluding hydrogens is 264 g/mol. The van der Waals surface area contributed by atoms with E-state index in [4.69, 9.17) is 10.5 Å². The Morgan fingerprint density at radius 1 is 1.14 bits per heavy atom. The molecule has 3 rings (SSSR count). The minimum Gasteiger partial charge on any atom is -0.486 e. The van der Waals surface area contributed by atoms with Crippen LogP contribution in [0.15, 0.2) is 48.5 Å². The summed E-state index contributed by atoms with van der Waals surface area (Å²) in [5.74, 6) is 2.11. The molecule has 106 valence electrons. The number of nitrogens with one attached hydrogen (secondary N) is 1. The van der Waals surface area contributed by atoms with E-state index in [9.17, 15) is 0 Å². The van der Waals surface area contributed by atoms with Crippen LogP contribution in [0.3, 0.4) is 0 Å². The zero-order valence-corrected chi connectivity index (χ0v) is 11.7. The summed E-state index contributed by atoms with van der Waals surface area (Å²) in [6.07, 6.45) is 0. The van der Waals surface area contributed by atoms with Crippen molar-refractivity contribution in [2.45, 2.75) is 13.5 Å². The van der Waals surface area contributed by atoms with Gasteiger partial charge in [0.25, 0.3) is 0 Å². The van der Waals surface area contributed by atoms with Gasteiger partial charge in [0.15, 0.2) is 11.6 Å². The van der Waals surface area contributed by atoms with Gasteiger partial charge in [-0.15, -0.1) is 0 Å². The summed E-state index contributed by atoms with van der Waals surface area (Å²) in [6.45, 7) is 2.38. The van der Waals surface area contributed by atoms with E-state index in [1.807, 2.05) is 43.3 Å². The first kappa shape index (κ1) is 13.2. The lowest BCUT2D eigenvalue weighted by Crippen LogP contribution is -1.97. The lowest BCUT2D eigenvalue weighted by molar-refractivity contribution is 0.296. The molecule has 0 bridgehead atoms. The Morgan fingerprint density at radius 2 is 1.95 bits per heavy atom. The zero-order valence-electron chi connectivity index (χ0n) is 11.7. The van der Waals surface area contributed by atoms with Crippen molar-refractivity contribution in [3.63, 3.8) is 0 Å². The highest BCUT2D eigenvalue weighted by Gasteiger charge is 2.06. The number of hydrogen-bond donors (Lipinski definition) is 2. The van der Waals surface area contributed by atoms with Crippen LogP contribution in [-0.2, 0) is 6.61 Å². The Bertz CT molecular complexity index is 734. The Labute approximate surface area is 122 Å². The molecule has 3 N–H and O–H groups in total. The Hall–Kier alpha value is -2.82. The van der Waals surface area contributed by atoms with Gasteiger partial charge in [-0.25, -0.2) is 4.98 Å². The van der Waals surface area contributed by atoms with Crippen LogP contribution in [0.5, 0.6) is 5.75 Å². The van der Waals surface area contributed by atoms with Crippen molar-refractivity contribution in [2.24, 2.45) is 0 Å². The molecule has 0 unspecified atom stereocenters. The third-order valence-corrected chi connectivity index (χ3v) is 3.06. The first-order valence-electron chi connectivity index (χ1n) is 6.67. The van der Waals surface area contributed by atoms with Gasteiger partial charge < -0.3 is 10.5 Å². The molecule has 2 aromatic carbocycles. The standard InChI is InChI=1S/C16H16N4O/c1-11-3-2-4-12(9-11)16-18-15(19-20-16)10-21-14-7-5-13(17)6-8-14/h2-9H,10,17H2,1H3,(H,18,19,20). The third kappa shape index (κ3) is 3.20. The molecule has 3 aromatic rings. The summed E-state index contributed by atoms with van der Waals surface area (Å²) in [7, 11) is 0. The van der Waals surface area contributed by atoms with Gasteiger partial charge in [0.1, 0.15) is 12.4 Å². The quantitative estimate of drug-likeness (QED) is 0.720. The van der Waals surface area contributed by atoms with Gasteiger partial charge in [-0.2, -0.15) is 5.10 Å². The molecule has 0 fully saturated rings. The second-order valence-corrected chi connectivity index (χ2v) is 4.83. The summed E-state index contributed by atoms with van der Waals surface area (Å²) < 4.78 is 5.63. The number of rotatable bonds is 4. The number of hydrogen-bond acceptors (Lipinski definition) is 4. The van der Waals surface area contributed by atoms with Crippen molar-refractivity contribution in [2.75, 3.05) is 5.73 Å². The summed E-state index contributed by atoms with van der Waals surface area (Å²) in [6, 6.07) is 15.3. The van der Waals surface area contributed by atoms with Crippen molar-refractivity contribution >= 4 is 5.69 Å². The molecule has 0 saturated carbocycles. The smallest absolute Gasteiger partial charge is 0.181 e. The summed E-state index contributed by atoms with van der Waals surface area (Å²) in [5.41, 5.74) is 8.51. The summed E-state index contributed by atoms with van der Waals surface area (Å²) in [4.78, 5) is 4.44. The van der Waals surface area contributed by atoms with Gasteiger partial charge in [0.2, 0.25) is 0 Å². The Balaban J connectivity index is 1.69. The number of aromatic amines is 1. The van der Waals surface area contributed by atoms with Crippen molar-refractivity contribution < 1.29 is 4.74 Å². The molecule has 5 nitrogen and oxygen atoms in total. The molecule has 0 radical (unpaired) electrons. The number of H-pyrrole nitrogens is 1. The number of aromatic nitrogens is 3. The van der Waals surface area contributed by atoms with Crippen LogP contribution < -0.4 is 10.5 Å². The van der Waals surface area contributed by atoms with Crippen molar-refractivity contribution in [1.29, 1.82) is 0 Å². The molecule has 21 heavy (non-hydrogen) atoms. The predicted octanol–water partition coefficient (Wildman–Crippen LogP) is 2.94. The van der Waals surface area contributed by atoms with E-state index in [1.54, 1.807) is 12.1 Å². The van der Waals surface area contributed by atoms with Gasteiger partial charge in [-0.05, 0) is 37.3 Å². The number of benzene rings is 2. The fraction of sp³-hybridized carbons (Fsp3) is 0.125. The number of anilines is 1. The lowest BCUT2D eigenvalue weighted by atomic mass is 10.1. The highest BCUT2D eigenvalue weighted by Crippen LogP contribution is 2.17. The normalized spacial score (nSPS) is 10.5. The van der Waals surface area contributed by atoms with Gasteiger partial charge in [-0.3, -0.25) is 5.10 Å². The van der Waals surface area contributed by atoms with Gasteiger partial charge in [0, 0.05) is 11.3 Å². The van der Waals surface area contributed by atoms with Crippen molar-refractivity contribution in [3.05, 3.63) is 59.9 Å². The zero-order chi connectivity index (χ0) is 14.7. The molecular formula is C16H16N4O. The van der Waals surface area contributed by atoms with E-state index in [0.717, 1.165) is 11.3 Å². The SMILES string of the molecule is Cc1cccc(-c2n[nH]c(COc3ccc(N)cc3)n2)c1. The molecule has 5 heteroatoms. The minimum absolute atomic E-state index is 0.336. The monoisotopic (exact) mass is 280 g/mol. The number of aryl methyl sites for hydroxylation is 1. The van der Waals surface area contributed by atoms with Crippen LogP contribution in [-0.4, -0.2) is 15.2 Å². The topological polar surface area (TPSA) is 76.8 Å². The molecule has 0 atom stereocenters. The fourth-order valence-corrected chi connectivity index (χ4v) is 1.99. The maximum absolute atomic E-state index is 5.63. The molecule has 0 aliphatic rings. The van der Waals surface area contributed by atoms with Crippen LogP contribution in [0.4, 0.5) is 5.69 Å². The summed E-state index contributed by atoms with van der Waals surface area (Å²) in [5, 5.41) is 7.11. The van der Waals surface area contributed by atoms with Crippen molar-refractivity contribution in [3.8, 4) is 17.1 Å². The number of ether oxygens (including phenoxy) is 1. The molecule has 1 heterocycles. The predicted molar refractivity (Wildman–Crippen MR) is 81.7 cm³/mol. The fourth-order valence-electron chi connectivity index (χ4n) is 1.99. The largest absolute Gasteiger partial charge is 0.486 e. The van der Waals surface area contributed by atoms with E-state index >= 15 is 0 Å². The van der Waals surface area contributed by atoms with E-state index in [-0.39, 0.29) is 0 Å². The molecule has 0 spiro atoms. The van der Waals surface area contributed by atoms with Crippen LogP contribution in [0, 0.1) is 6.92 Å². The summed E-state index contributed by atoms with van der Waals surface area (Å²) >= 11 is 0. The second-order valence-electron chi connectivity index (χ2n) is 4.83. The maximum Gasteiger partial charge on any atom is 0.181 e. The van der Waals surface area contributed by atoms with Gasteiger partial charge in [0.05, 0.1) is 0 Å². The van der Waals surface area contributed by atoms with Gasteiger partial charge in [-0.1, -0.05) is 23.8 Å². The number of nitrogens with two attached hydrogens (primary N) is 1. The first-order chi connectivity index (χ1) is 10.2. The van der Waals surface area contributed by atoms with Crippen LogP contribution in [0.25, 0.3) is 11.4 Å². The van der Waals surface area contributed by atoms with Crippen LogP contribution >= 0.6 is 0 Å². The van der Waals surface area contributed by atoms with E-state index in [2.05, 4.69) is 15.2 Å². The van der Waals surface area contributed by atoms with Crippen LogP contribution in [0.2, 0.25) is 0 Å². The average Bonchev–Trinajstić information content (AvgIpc) is 2.96. The lowest BCUT2D eigenvalue weighted by Gasteiger charge is -2.03. The Morgan fingerprint density at radius 3 is 2.71 bits per heavy atom. The van der Waals surface area contributed by atoms with E-state index in [1.165, 1.54) is 5.56 Å². The number of nitrogens with zero attached hydrogens (tertiary/aromatic N) is 2. The highest BCUT2D eigenvalue weighted by atomic mass is 16.5. The molecule has 0 aliphatic heterocycles. The first-order valence-corrected chi connectivity index (χ1v) is 6.67. The highest BCUT2D eigenvalue weighted by molar-refractivity contribution is 5.55. The third-order valence-electron chi connectivity index (χ3n) is 3.06. The van der Waals surface area contributed by atoms with Crippen LogP contribution in [0.1, 0.15) is 11.4 Å². The average molecular weight is 280 g/mol. The van der Waals surface area contributed by atoms with Gasteiger partial charge >= 0.3 is 0 Å². The van der Waals surface area contributed by atoms with Crippen molar-refractivity contribution in [1.82, 2.24) is 15.2 Å². The Kier molecular flexibility index (Phi) is 3.55. The maximum atomic E-state index is 5.63. The second kappa shape index (κ2) is 5.66. The van der Waals surface area contributed by atoms with E-state index < -0.39 is 0 Å². The molecule has 0 aliphatic carbocycles. The molecule has 1 aromatic heterocycles. The molecule has 0 saturated heterocycles.